The highest BCUT2D eigenvalue weighted by Gasteiger charge is 2.23. The van der Waals surface area contributed by atoms with Crippen LogP contribution in [0.2, 0.25) is 0 Å². The van der Waals surface area contributed by atoms with Gasteiger partial charge in [0.1, 0.15) is 5.52 Å². The molecule has 1 aliphatic rings. The van der Waals surface area contributed by atoms with Gasteiger partial charge in [-0.2, -0.15) is 0 Å². The predicted octanol–water partition coefficient (Wildman–Crippen LogP) is 0.736. The van der Waals surface area contributed by atoms with Crippen molar-refractivity contribution in [1.29, 1.82) is 0 Å². The van der Waals surface area contributed by atoms with E-state index in [0.717, 1.165) is 18.5 Å². The van der Waals surface area contributed by atoms with Crippen molar-refractivity contribution < 1.29 is 0 Å². The summed E-state index contributed by atoms with van der Waals surface area (Å²) in [5, 5.41) is 0. The van der Waals surface area contributed by atoms with E-state index < -0.39 is 0 Å². The van der Waals surface area contributed by atoms with Crippen LogP contribution in [0.5, 0.6) is 0 Å². The molecule has 0 amide bonds. The van der Waals surface area contributed by atoms with Crippen LogP contribution in [0.4, 0.5) is 0 Å². The predicted molar refractivity (Wildman–Crippen MR) is 60.6 cm³/mol. The fourth-order valence-corrected chi connectivity index (χ4v) is 1.99. The normalized spacial score (nSPS) is 15.8. The van der Waals surface area contributed by atoms with Crippen LogP contribution in [0.15, 0.2) is 15.7 Å². The zero-order valence-corrected chi connectivity index (χ0v) is 9.04. The fourth-order valence-electron chi connectivity index (χ4n) is 1.99. The van der Waals surface area contributed by atoms with Crippen molar-refractivity contribution in [1.82, 2.24) is 14.5 Å². The largest absolute Gasteiger partial charge is 0.353 e. The van der Waals surface area contributed by atoms with Gasteiger partial charge in [0.15, 0.2) is 0 Å². The molecule has 1 aliphatic carbocycles. The molecule has 5 heteroatoms. The number of aromatic nitrogens is 3. The van der Waals surface area contributed by atoms with Gasteiger partial charge in [0, 0.05) is 12.2 Å². The summed E-state index contributed by atoms with van der Waals surface area (Å²) in [5.74, 6) is 0.507. The van der Waals surface area contributed by atoms with Crippen molar-refractivity contribution in [3.63, 3.8) is 0 Å². The molecule has 0 aromatic carbocycles. The van der Waals surface area contributed by atoms with E-state index in [4.69, 9.17) is 0 Å². The molecule has 84 valence electrons. The van der Waals surface area contributed by atoms with Crippen molar-refractivity contribution in [2.24, 2.45) is 5.92 Å². The lowest BCUT2D eigenvalue weighted by Gasteiger charge is -2.02. The Bertz CT molecular complexity index is 658. The van der Waals surface area contributed by atoms with E-state index in [1.54, 1.807) is 6.07 Å². The molecule has 3 rings (SSSR count). The molecule has 2 heterocycles. The second-order valence-electron chi connectivity index (χ2n) is 4.53. The Morgan fingerprint density at radius 3 is 2.81 bits per heavy atom. The molecule has 0 bridgehead atoms. The molecule has 0 spiro atoms. The van der Waals surface area contributed by atoms with Crippen LogP contribution in [0.25, 0.3) is 11.0 Å². The Morgan fingerprint density at radius 2 is 2.12 bits per heavy atom. The summed E-state index contributed by atoms with van der Waals surface area (Å²) in [4.78, 5) is 29.5. The van der Waals surface area contributed by atoms with Crippen LogP contribution in [0, 0.1) is 12.8 Å². The third-order valence-corrected chi connectivity index (χ3v) is 3.04. The SMILES string of the molecule is Cc1cc2[nH]c(=O)n(CC3CC3)c(=O)c2[nH]1. The number of nitrogens with zero attached hydrogens (tertiary/aromatic N) is 1. The quantitative estimate of drug-likeness (QED) is 0.781. The third kappa shape index (κ3) is 1.39. The van der Waals surface area contributed by atoms with Gasteiger partial charge in [-0.3, -0.25) is 9.36 Å². The lowest BCUT2D eigenvalue weighted by atomic mass is 10.4. The van der Waals surface area contributed by atoms with Crippen molar-refractivity contribution in [3.05, 3.63) is 32.6 Å². The standard InChI is InChI=1S/C11H13N3O2/c1-6-4-8-9(12-6)10(15)14(11(16)13-8)5-7-2-3-7/h4,7,12H,2-3,5H2,1H3,(H,13,16). The van der Waals surface area contributed by atoms with Crippen LogP contribution in [0.3, 0.4) is 0 Å². The van der Waals surface area contributed by atoms with Gasteiger partial charge < -0.3 is 9.97 Å². The van der Waals surface area contributed by atoms with Gasteiger partial charge in [0.2, 0.25) is 0 Å². The van der Waals surface area contributed by atoms with Gasteiger partial charge in [-0.1, -0.05) is 0 Å². The number of hydrogen-bond acceptors (Lipinski definition) is 2. The van der Waals surface area contributed by atoms with Crippen molar-refractivity contribution in [2.75, 3.05) is 0 Å². The number of hydrogen-bond donors (Lipinski definition) is 2. The van der Waals surface area contributed by atoms with Gasteiger partial charge in [-0.05, 0) is 31.7 Å². The first kappa shape index (κ1) is 9.45. The molecule has 2 aromatic heterocycles. The van der Waals surface area contributed by atoms with Crippen LogP contribution in [0.1, 0.15) is 18.5 Å². The maximum atomic E-state index is 12.0. The Hall–Kier alpha value is -1.78. The molecule has 0 radical (unpaired) electrons. The van der Waals surface area contributed by atoms with Crippen molar-refractivity contribution >= 4 is 11.0 Å². The topological polar surface area (TPSA) is 70.7 Å². The number of rotatable bonds is 2. The number of aromatic amines is 2. The highest BCUT2D eigenvalue weighted by molar-refractivity contribution is 5.74. The van der Waals surface area contributed by atoms with Crippen molar-refractivity contribution in [3.8, 4) is 0 Å². The number of nitrogens with one attached hydrogen (secondary N) is 2. The van der Waals surface area contributed by atoms with E-state index in [1.807, 2.05) is 6.92 Å². The van der Waals surface area contributed by atoms with Gasteiger partial charge in [0.25, 0.3) is 5.56 Å². The second kappa shape index (κ2) is 3.10. The first-order valence-electron chi connectivity index (χ1n) is 5.47. The maximum absolute atomic E-state index is 12.0. The Labute approximate surface area is 91.1 Å². The third-order valence-electron chi connectivity index (χ3n) is 3.04. The van der Waals surface area contributed by atoms with Gasteiger partial charge in [-0.15, -0.1) is 0 Å². The van der Waals surface area contributed by atoms with Gasteiger partial charge >= 0.3 is 5.69 Å². The summed E-state index contributed by atoms with van der Waals surface area (Å²) in [6.07, 6.45) is 2.24. The van der Waals surface area contributed by atoms with Crippen LogP contribution in [-0.4, -0.2) is 14.5 Å². The summed E-state index contributed by atoms with van der Waals surface area (Å²) in [7, 11) is 0. The first-order chi connectivity index (χ1) is 7.65. The molecule has 0 aliphatic heterocycles. The summed E-state index contributed by atoms with van der Waals surface area (Å²) >= 11 is 0. The average Bonchev–Trinajstić information content (AvgIpc) is 2.96. The number of H-pyrrole nitrogens is 2. The summed E-state index contributed by atoms with van der Waals surface area (Å²) < 4.78 is 1.30. The molecule has 2 N–H and O–H groups in total. The summed E-state index contributed by atoms with van der Waals surface area (Å²) in [6, 6.07) is 1.78. The molecule has 0 saturated heterocycles. The van der Waals surface area contributed by atoms with Gasteiger partial charge in [0.05, 0.1) is 5.52 Å². The van der Waals surface area contributed by atoms with E-state index in [-0.39, 0.29) is 11.2 Å². The van der Waals surface area contributed by atoms with E-state index in [0.29, 0.717) is 23.5 Å². The second-order valence-corrected chi connectivity index (χ2v) is 4.53. The summed E-state index contributed by atoms with van der Waals surface area (Å²) in [6.45, 7) is 2.41. The average molecular weight is 219 g/mol. The minimum Gasteiger partial charge on any atom is -0.353 e. The molecule has 0 unspecified atom stereocenters. The highest BCUT2D eigenvalue weighted by Crippen LogP contribution is 2.29. The maximum Gasteiger partial charge on any atom is 0.328 e. The van der Waals surface area contributed by atoms with E-state index in [9.17, 15) is 9.59 Å². The molecule has 0 atom stereocenters. The van der Waals surface area contributed by atoms with Crippen molar-refractivity contribution in [2.45, 2.75) is 26.3 Å². The zero-order valence-electron chi connectivity index (χ0n) is 9.04. The Kier molecular flexibility index (Phi) is 1.83. The van der Waals surface area contributed by atoms with E-state index in [2.05, 4.69) is 9.97 Å². The Balaban J connectivity index is 2.26. The first-order valence-corrected chi connectivity index (χ1v) is 5.47. The monoisotopic (exact) mass is 219 g/mol. The number of fused-ring (bicyclic) bond motifs is 1. The van der Waals surface area contributed by atoms with E-state index in [1.165, 1.54) is 4.57 Å². The molecular formula is C11H13N3O2. The van der Waals surface area contributed by atoms with Gasteiger partial charge in [-0.25, -0.2) is 4.79 Å². The molecule has 1 fully saturated rings. The van der Waals surface area contributed by atoms with Crippen LogP contribution < -0.4 is 11.2 Å². The highest BCUT2D eigenvalue weighted by atomic mass is 16.2. The van der Waals surface area contributed by atoms with Crippen LogP contribution >= 0.6 is 0 Å². The fraction of sp³-hybridized carbons (Fsp3) is 0.455. The summed E-state index contributed by atoms with van der Waals surface area (Å²) in [5.41, 5.74) is 1.46. The minimum absolute atomic E-state index is 0.209. The smallest absolute Gasteiger partial charge is 0.328 e. The number of aryl methyl sites for hydroxylation is 1. The van der Waals surface area contributed by atoms with Crippen LogP contribution in [-0.2, 0) is 6.54 Å². The zero-order chi connectivity index (χ0) is 11.3. The molecule has 16 heavy (non-hydrogen) atoms. The lowest BCUT2D eigenvalue weighted by Crippen LogP contribution is -2.35. The van der Waals surface area contributed by atoms with E-state index >= 15 is 0 Å². The molecular weight excluding hydrogens is 206 g/mol. The molecule has 1 saturated carbocycles. The lowest BCUT2D eigenvalue weighted by molar-refractivity contribution is 0.581. The Morgan fingerprint density at radius 1 is 1.38 bits per heavy atom. The minimum atomic E-state index is -0.302. The molecule has 2 aromatic rings. The molecule has 5 nitrogen and oxygen atoms in total.